The lowest BCUT2D eigenvalue weighted by Gasteiger charge is -2.14. The summed E-state index contributed by atoms with van der Waals surface area (Å²) in [5.74, 6) is -1.09. The van der Waals surface area contributed by atoms with Gasteiger partial charge in [-0.25, -0.2) is 12.8 Å². The van der Waals surface area contributed by atoms with Crippen LogP contribution in [0, 0.1) is 17.1 Å². The highest BCUT2D eigenvalue weighted by molar-refractivity contribution is 7.89. The van der Waals surface area contributed by atoms with Crippen LogP contribution < -0.4 is 10.0 Å². The van der Waals surface area contributed by atoms with Crippen LogP contribution in [-0.2, 0) is 21.2 Å². The second kappa shape index (κ2) is 7.88. The smallest absolute Gasteiger partial charge is 0.242 e. The Labute approximate surface area is 145 Å². The lowest BCUT2D eigenvalue weighted by atomic mass is 10.1. The third-order valence-electron chi connectivity index (χ3n) is 3.35. The quantitative estimate of drug-likeness (QED) is 0.824. The Kier molecular flexibility index (Phi) is 5.85. The molecule has 1 atom stereocenters. The molecule has 0 heterocycles. The molecule has 0 fully saturated rings. The van der Waals surface area contributed by atoms with Crippen LogP contribution in [0.5, 0.6) is 0 Å². The van der Waals surface area contributed by atoms with Gasteiger partial charge in [-0.2, -0.15) is 9.98 Å². The van der Waals surface area contributed by atoms with E-state index in [1.165, 1.54) is 6.92 Å². The largest absolute Gasteiger partial charge is 0.325 e. The monoisotopic (exact) mass is 361 g/mol. The third-order valence-corrected chi connectivity index (χ3v) is 4.91. The molecule has 0 bridgehead atoms. The van der Waals surface area contributed by atoms with E-state index in [-0.39, 0.29) is 11.3 Å². The Morgan fingerprint density at radius 2 is 1.76 bits per heavy atom. The summed E-state index contributed by atoms with van der Waals surface area (Å²) in [4.78, 5) is 12.0. The molecule has 2 rings (SSSR count). The number of nitrogens with zero attached hydrogens (tertiary/aromatic N) is 1. The number of benzene rings is 2. The summed E-state index contributed by atoms with van der Waals surface area (Å²) in [6, 6.07) is 12.0. The van der Waals surface area contributed by atoms with Gasteiger partial charge in [-0.1, -0.05) is 12.1 Å². The Balaban J connectivity index is 2.02. The van der Waals surface area contributed by atoms with Crippen LogP contribution in [0.25, 0.3) is 0 Å². The number of rotatable bonds is 6. The van der Waals surface area contributed by atoms with E-state index in [9.17, 15) is 17.6 Å². The predicted molar refractivity (Wildman–Crippen MR) is 90.6 cm³/mol. The number of hydrogen-bond donors (Lipinski definition) is 2. The topological polar surface area (TPSA) is 99.1 Å². The molecule has 6 nitrogen and oxygen atoms in total. The average Bonchev–Trinajstić information content (AvgIpc) is 2.57. The van der Waals surface area contributed by atoms with Crippen LogP contribution in [0.4, 0.5) is 10.1 Å². The lowest BCUT2D eigenvalue weighted by Crippen LogP contribution is -2.41. The number of anilines is 1. The molecule has 25 heavy (non-hydrogen) atoms. The van der Waals surface area contributed by atoms with Crippen molar-refractivity contribution in [1.29, 1.82) is 5.26 Å². The molecule has 0 aliphatic carbocycles. The average molecular weight is 361 g/mol. The second-order valence-corrected chi connectivity index (χ2v) is 7.03. The summed E-state index contributed by atoms with van der Waals surface area (Å²) >= 11 is 0. The molecule has 1 amide bonds. The van der Waals surface area contributed by atoms with Gasteiger partial charge in [0.2, 0.25) is 15.9 Å². The normalized spacial score (nSPS) is 12.2. The molecule has 2 N–H and O–H groups in total. The molecule has 0 aliphatic rings. The van der Waals surface area contributed by atoms with E-state index in [0.717, 1.165) is 29.8 Å². The minimum absolute atomic E-state index is 0.130. The van der Waals surface area contributed by atoms with E-state index < -0.39 is 27.8 Å². The standard InChI is InChI=1S/C17H16FN3O3S/c1-12(21-25(23,24)16-8-4-14(18)5-9-16)17(22)20-15-6-2-13(3-7-15)10-11-19/h2-9,12,21H,10H2,1H3,(H,20,22)/t12-/m0/s1. The first-order chi connectivity index (χ1) is 11.8. The van der Waals surface area contributed by atoms with Crippen molar-refractivity contribution in [2.45, 2.75) is 24.3 Å². The number of halogens is 1. The molecular formula is C17H16FN3O3S. The van der Waals surface area contributed by atoms with Crippen molar-refractivity contribution >= 4 is 21.6 Å². The lowest BCUT2D eigenvalue weighted by molar-refractivity contribution is -0.117. The summed E-state index contributed by atoms with van der Waals surface area (Å²) in [5.41, 5.74) is 1.30. The zero-order valence-electron chi connectivity index (χ0n) is 13.4. The van der Waals surface area contributed by atoms with Crippen LogP contribution >= 0.6 is 0 Å². The molecule has 0 saturated heterocycles. The van der Waals surface area contributed by atoms with Gasteiger partial charge in [0.25, 0.3) is 0 Å². The minimum atomic E-state index is -3.94. The predicted octanol–water partition coefficient (Wildman–Crippen LogP) is 2.20. The van der Waals surface area contributed by atoms with Gasteiger partial charge in [-0.05, 0) is 48.9 Å². The number of nitriles is 1. The molecule has 0 saturated carbocycles. The number of hydrogen-bond acceptors (Lipinski definition) is 4. The number of carbonyl (C=O) groups excluding carboxylic acids is 1. The van der Waals surface area contributed by atoms with Crippen LogP contribution in [0.15, 0.2) is 53.4 Å². The fourth-order valence-electron chi connectivity index (χ4n) is 2.02. The highest BCUT2D eigenvalue weighted by Crippen LogP contribution is 2.12. The SMILES string of the molecule is C[C@H](NS(=O)(=O)c1ccc(F)cc1)C(=O)Nc1ccc(CC#N)cc1. The van der Waals surface area contributed by atoms with E-state index in [2.05, 4.69) is 10.0 Å². The first kappa shape index (κ1) is 18.6. The zero-order chi connectivity index (χ0) is 18.4. The zero-order valence-corrected chi connectivity index (χ0v) is 14.2. The van der Waals surface area contributed by atoms with Crippen molar-refractivity contribution in [3.05, 3.63) is 59.9 Å². The van der Waals surface area contributed by atoms with Crippen LogP contribution in [0.1, 0.15) is 12.5 Å². The number of amides is 1. The molecule has 0 unspecified atom stereocenters. The van der Waals surface area contributed by atoms with E-state index in [4.69, 9.17) is 5.26 Å². The highest BCUT2D eigenvalue weighted by atomic mass is 32.2. The maximum Gasteiger partial charge on any atom is 0.242 e. The van der Waals surface area contributed by atoms with Crippen molar-refractivity contribution in [2.24, 2.45) is 0 Å². The highest BCUT2D eigenvalue weighted by Gasteiger charge is 2.22. The second-order valence-electron chi connectivity index (χ2n) is 5.32. The first-order valence-corrected chi connectivity index (χ1v) is 8.85. The van der Waals surface area contributed by atoms with Gasteiger partial charge < -0.3 is 5.32 Å². The van der Waals surface area contributed by atoms with Gasteiger partial charge >= 0.3 is 0 Å². The Morgan fingerprint density at radius 3 is 2.32 bits per heavy atom. The third kappa shape index (κ3) is 5.11. The molecule has 2 aromatic rings. The van der Waals surface area contributed by atoms with Gasteiger partial charge in [0.05, 0.1) is 23.4 Å². The molecule has 130 valence electrons. The Hall–Kier alpha value is -2.76. The van der Waals surface area contributed by atoms with Gasteiger partial charge in [0, 0.05) is 5.69 Å². The fourth-order valence-corrected chi connectivity index (χ4v) is 3.22. The molecule has 0 aliphatic heterocycles. The number of nitrogens with one attached hydrogen (secondary N) is 2. The van der Waals surface area contributed by atoms with Crippen molar-refractivity contribution in [3.63, 3.8) is 0 Å². The van der Waals surface area contributed by atoms with Crippen molar-refractivity contribution in [2.75, 3.05) is 5.32 Å². The van der Waals surface area contributed by atoms with Gasteiger partial charge in [0.15, 0.2) is 0 Å². The Morgan fingerprint density at radius 1 is 1.16 bits per heavy atom. The van der Waals surface area contributed by atoms with Gasteiger partial charge in [-0.15, -0.1) is 0 Å². The van der Waals surface area contributed by atoms with E-state index in [0.29, 0.717) is 5.69 Å². The summed E-state index contributed by atoms with van der Waals surface area (Å²) in [6.07, 6.45) is 0.266. The summed E-state index contributed by atoms with van der Waals surface area (Å²) in [7, 11) is -3.94. The Bertz CT molecular complexity index is 888. The molecule has 0 spiro atoms. The van der Waals surface area contributed by atoms with Crippen molar-refractivity contribution in [1.82, 2.24) is 4.72 Å². The minimum Gasteiger partial charge on any atom is -0.325 e. The summed E-state index contributed by atoms with van der Waals surface area (Å²) in [6.45, 7) is 1.40. The van der Waals surface area contributed by atoms with E-state index >= 15 is 0 Å². The molecular weight excluding hydrogens is 345 g/mol. The maximum atomic E-state index is 12.9. The number of sulfonamides is 1. The molecule has 0 radical (unpaired) electrons. The molecule has 8 heteroatoms. The van der Waals surface area contributed by atoms with Gasteiger partial charge in [0.1, 0.15) is 5.82 Å². The molecule has 0 aromatic heterocycles. The molecule has 2 aromatic carbocycles. The van der Waals surface area contributed by atoms with Crippen LogP contribution in [-0.4, -0.2) is 20.4 Å². The van der Waals surface area contributed by atoms with Gasteiger partial charge in [-0.3, -0.25) is 4.79 Å². The summed E-state index contributed by atoms with van der Waals surface area (Å²) in [5, 5.41) is 11.2. The number of carbonyl (C=O) groups is 1. The fraction of sp³-hybridized carbons (Fsp3) is 0.176. The van der Waals surface area contributed by atoms with E-state index in [1.54, 1.807) is 24.3 Å². The van der Waals surface area contributed by atoms with Crippen molar-refractivity contribution < 1.29 is 17.6 Å². The van der Waals surface area contributed by atoms with E-state index in [1.807, 2.05) is 6.07 Å². The van der Waals surface area contributed by atoms with Crippen molar-refractivity contribution in [3.8, 4) is 6.07 Å². The maximum absolute atomic E-state index is 12.9. The van der Waals surface area contributed by atoms with Crippen LogP contribution in [0.2, 0.25) is 0 Å². The van der Waals surface area contributed by atoms with Crippen LogP contribution in [0.3, 0.4) is 0 Å². The summed E-state index contributed by atoms with van der Waals surface area (Å²) < 4.78 is 39.5. The first-order valence-electron chi connectivity index (χ1n) is 7.36.